The van der Waals surface area contributed by atoms with Crippen LogP contribution < -0.4 is 0 Å². The van der Waals surface area contributed by atoms with Gasteiger partial charge >= 0.3 is 5.97 Å². The molecule has 1 heterocycles. The minimum Gasteiger partial charge on any atom is -0.481 e. The third-order valence-electron chi connectivity index (χ3n) is 3.25. The average molecular weight is 219 g/mol. The van der Waals surface area contributed by atoms with Gasteiger partial charge in [0, 0.05) is 11.9 Å². The van der Waals surface area contributed by atoms with E-state index in [1.165, 1.54) is 5.56 Å². The summed E-state index contributed by atoms with van der Waals surface area (Å²) < 4.78 is 0. The number of rotatable bonds is 3. The van der Waals surface area contributed by atoms with Crippen LogP contribution in [-0.4, -0.2) is 16.1 Å². The first kappa shape index (κ1) is 11.0. The van der Waals surface area contributed by atoms with Crippen LogP contribution in [0.4, 0.5) is 0 Å². The van der Waals surface area contributed by atoms with Gasteiger partial charge in [-0.2, -0.15) is 0 Å². The second-order valence-electron chi connectivity index (χ2n) is 4.62. The van der Waals surface area contributed by atoms with E-state index in [0.29, 0.717) is 12.3 Å². The molecule has 0 radical (unpaired) electrons. The van der Waals surface area contributed by atoms with Gasteiger partial charge in [0.05, 0.1) is 5.92 Å². The molecule has 3 nitrogen and oxygen atoms in total. The Morgan fingerprint density at radius 2 is 2.44 bits per heavy atom. The molecule has 0 aromatic carbocycles. The van der Waals surface area contributed by atoms with Crippen LogP contribution in [0, 0.1) is 5.92 Å². The number of aromatic amines is 1. The molecule has 3 heteroatoms. The fourth-order valence-corrected chi connectivity index (χ4v) is 2.31. The van der Waals surface area contributed by atoms with Crippen LogP contribution in [0.3, 0.4) is 0 Å². The Morgan fingerprint density at radius 3 is 3.12 bits per heavy atom. The van der Waals surface area contributed by atoms with E-state index < -0.39 is 5.97 Å². The quantitative estimate of drug-likeness (QED) is 0.821. The lowest BCUT2D eigenvalue weighted by Crippen LogP contribution is -2.13. The monoisotopic (exact) mass is 219 g/mol. The number of carbonyl (C=O) groups is 1. The van der Waals surface area contributed by atoms with Crippen molar-refractivity contribution in [1.82, 2.24) is 4.98 Å². The van der Waals surface area contributed by atoms with Gasteiger partial charge in [-0.3, -0.25) is 4.79 Å². The van der Waals surface area contributed by atoms with Crippen molar-refractivity contribution in [2.24, 2.45) is 5.92 Å². The molecular formula is C13H17NO2. The molecule has 2 atom stereocenters. The predicted octanol–water partition coefficient (Wildman–Crippen LogP) is 2.80. The second kappa shape index (κ2) is 4.16. The van der Waals surface area contributed by atoms with E-state index in [1.54, 1.807) is 6.92 Å². The largest absolute Gasteiger partial charge is 0.481 e. The van der Waals surface area contributed by atoms with Gasteiger partial charge in [-0.15, -0.1) is 0 Å². The van der Waals surface area contributed by atoms with Gasteiger partial charge in [-0.05, 0) is 36.0 Å². The molecule has 1 aromatic rings. The highest BCUT2D eigenvalue weighted by molar-refractivity contribution is 5.70. The zero-order chi connectivity index (χ0) is 11.7. The summed E-state index contributed by atoms with van der Waals surface area (Å²) >= 11 is 0. The van der Waals surface area contributed by atoms with E-state index in [2.05, 4.69) is 24.1 Å². The van der Waals surface area contributed by atoms with Crippen LogP contribution in [0.2, 0.25) is 0 Å². The first-order valence-electron chi connectivity index (χ1n) is 5.69. The molecule has 0 saturated heterocycles. The molecule has 2 unspecified atom stereocenters. The number of H-pyrrole nitrogens is 1. The molecule has 1 aliphatic rings. The van der Waals surface area contributed by atoms with E-state index in [1.807, 2.05) is 6.20 Å². The van der Waals surface area contributed by atoms with Crippen molar-refractivity contribution in [2.45, 2.75) is 32.6 Å². The molecule has 2 N–H and O–H groups in total. The fourth-order valence-electron chi connectivity index (χ4n) is 2.31. The Balaban J connectivity index is 2.26. The Morgan fingerprint density at radius 1 is 1.69 bits per heavy atom. The van der Waals surface area contributed by atoms with Gasteiger partial charge in [0.15, 0.2) is 0 Å². The first-order valence-corrected chi connectivity index (χ1v) is 5.69. The molecule has 0 aliphatic heterocycles. The Kier molecular flexibility index (Phi) is 2.86. The highest BCUT2D eigenvalue weighted by atomic mass is 16.4. The Bertz CT molecular complexity index is 431. The van der Waals surface area contributed by atoms with Crippen molar-refractivity contribution in [3.63, 3.8) is 0 Å². The number of hydrogen-bond acceptors (Lipinski definition) is 1. The van der Waals surface area contributed by atoms with Crippen LogP contribution in [0.25, 0.3) is 6.08 Å². The lowest BCUT2D eigenvalue weighted by molar-refractivity contribution is -0.141. The first-order chi connectivity index (χ1) is 7.59. The smallest absolute Gasteiger partial charge is 0.306 e. The molecule has 1 aliphatic carbocycles. The van der Waals surface area contributed by atoms with Crippen LogP contribution in [0.5, 0.6) is 0 Å². The number of aromatic nitrogens is 1. The van der Waals surface area contributed by atoms with Crippen LogP contribution in [-0.2, 0) is 11.2 Å². The lowest BCUT2D eigenvalue weighted by atomic mass is 9.87. The molecule has 86 valence electrons. The fraction of sp³-hybridized carbons (Fsp3) is 0.462. The summed E-state index contributed by atoms with van der Waals surface area (Å²) in [7, 11) is 0. The van der Waals surface area contributed by atoms with E-state index in [4.69, 9.17) is 5.11 Å². The number of carboxylic acid groups (broad SMARTS) is 1. The average Bonchev–Trinajstić information content (AvgIpc) is 2.63. The third-order valence-corrected chi connectivity index (χ3v) is 3.25. The molecule has 2 rings (SSSR count). The highest BCUT2D eigenvalue weighted by Crippen LogP contribution is 2.32. The second-order valence-corrected chi connectivity index (χ2v) is 4.62. The van der Waals surface area contributed by atoms with E-state index in [-0.39, 0.29) is 5.92 Å². The predicted molar refractivity (Wildman–Crippen MR) is 63.4 cm³/mol. The minimum atomic E-state index is -0.728. The van der Waals surface area contributed by atoms with Gasteiger partial charge in [0.1, 0.15) is 0 Å². The number of aliphatic carboxylic acids is 1. The zero-order valence-electron chi connectivity index (χ0n) is 9.66. The van der Waals surface area contributed by atoms with Crippen molar-refractivity contribution in [2.75, 3.05) is 0 Å². The van der Waals surface area contributed by atoms with Crippen LogP contribution >= 0.6 is 0 Å². The summed E-state index contributed by atoms with van der Waals surface area (Å²) in [6.07, 6.45) is 7.85. The maximum Gasteiger partial charge on any atom is 0.306 e. The number of hydrogen-bond donors (Lipinski definition) is 2. The normalized spacial score (nSPS) is 20.5. The van der Waals surface area contributed by atoms with E-state index >= 15 is 0 Å². The number of allylic oxidation sites excluding steroid dienone is 1. The molecule has 0 fully saturated rings. The van der Waals surface area contributed by atoms with Crippen LogP contribution in [0.1, 0.15) is 43.0 Å². The van der Waals surface area contributed by atoms with Gasteiger partial charge in [0.25, 0.3) is 0 Å². The van der Waals surface area contributed by atoms with Gasteiger partial charge < -0.3 is 10.1 Å². The van der Waals surface area contributed by atoms with Crippen LogP contribution in [0.15, 0.2) is 12.3 Å². The molecule has 1 aromatic heterocycles. The summed E-state index contributed by atoms with van der Waals surface area (Å²) in [6, 6.07) is 0. The van der Waals surface area contributed by atoms with E-state index in [9.17, 15) is 4.79 Å². The van der Waals surface area contributed by atoms with Gasteiger partial charge in [-0.1, -0.05) is 19.9 Å². The zero-order valence-corrected chi connectivity index (χ0v) is 9.66. The SMILES string of the molecule is CC(Cc1c[nH]c2c1C(C)CC=C2)C(=O)O. The summed E-state index contributed by atoms with van der Waals surface area (Å²) in [5.74, 6) is -0.561. The van der Waals surface area contributed by atoms with Gasteiger partial charge in [-0.25, -0.2) is 0 Å². The maximum absolute atomic E-state index is 10.9. The summed E-state index contributed by atoms with van der Waals surface area (Å²) in [4.78, 5) is 14.1. The Labute approximate surface area is 95.2 Å². The van der Waals surface area contributed by atoms with Crippen molar-refractivity contribution in [3.8, 4) is 0 Å². The summed E-state index contributed by atoms with van der Waals surface area (Å²) in [6.45, 7) is 3.94. The molecule has 0 spiro atoms. The van der Waals surface area contributed by atoms with Crippen molar-refractivity contribution >= 4 is 12.0 Å². The van der Waals surface area contributed by atoms with Gasteiger partial charge in [0.2, 0.25) is 0 Å². The molecule has 16 heavy (non-hydrogen) atoms. The minimum absolute atomic E-state index is 0.321. The number of fused-ring (bicyclic) bond motifs is 1. The lowest BCUT2D eigenvalue weighted by Gasteiger charge is -2.17. The molecule has 0 amide bonds. The Hall–Kier alpha value is -1.51. The third kappa shape index (κ3) is 1.90. The van der Waals surface area contributed by atoms with E-state index in [0.717, 1.165) is 17.7 Å². The maximum atomic E-state index is 10.9. The molecule has 0 saturated carbocycles. The number of carboxylic acids is 1. The van der Waals surface area contributed by atoms with Crippen molar-refractivity contribution in [1.29, 1.82) is 0 Å². The van der Waals surface area contributed by atoms with Crippen molar-refractivity contribution in [3.05, 3.63) is 29.1 Å². The molecular weight excluding hydrogens is 202 g/mol. The van der Waals surface area contributed by atoms with Crippen molar-refractivity contribution < 1.29 is 9.90 Å². The number of nitrogens with one attached hydrogen (secondary N) is 1. The summed E-state index contributed by atoms with van der Waals surface area (Å²) in [5.41, 5.74) is 3.60. The topological polar surface area (TPSA) is 53.1 Å². The molecule has 0 bridgehead atoms. The summed E-state index contributed by atoms with van der Waals surface area (Å²) in [5, 5.41) is 8.93. The highest BCUT2D eigenvalue weighted by Gasteiger charge is 2.21. The standard InChI is InChI=1S/C13H17NO2/c1-8-4-3-5-11-12(8)10(7-14-11)6-9(2)13(15)16/h3,5,7-9,14H,4,6H2,1-2H3,(H,15,16).